The number of carbonyl (C=O) groups excluding carboxylic acids is 1. The van der Waals surface area contributed by atoms with Gasteiger partial charge in [0.1, 0.15) is 5.65 Å². The van der Waals surface area contributed by atoms with Crippen LogP contribution in [0.4, 0.5) is 0 Å². The van der Waals surface area contributed by atoms with Crippen LogP contribution < -0.4 is 10.6 Å². The van der Waals surface area contributed by atoms with Crippen LogP contribution in [-0.4, -0.2) is 28.4 Å². The van der Waals surface area contributed by atoms with E-state index in [1.165, 1.54) is 11.3 Å². The number of rotatable bonds is 5. The topological polar surface area (TPSA) is 58.4 Å². The van der Waals surface area contributed by atoms with Gasteiger partial charge in [-0.05, 0) is 50.6 Å². The minimum Gasteiger partial charge on any atom is -0.351 e. The molecule has 0 aliphatic carbocycles. The fraction of sp³-hybridized carbons (Fsp3) is 0.368. The Hall–Kier alpha value is -2.18. The van der Waals surface area contributed by atoms with Crippen LogP contribution in [0, 0.1) is 6.92 Å². The Kier molecular flexibility index (Phi) is 4.55. The molecule has 0 radical (unpaired) electrons. The van der Waals surface area contributed by atoms with Crippen LogP contribution in [-0.2, 0) is 6.42 Å². The third-order valence-electron chi connectivity index (χ3n) is 4.67. The monoisotopic (exact) mass is 354 g/mol. The number of aromatic nitrogens is 2. The first kappa shape index (κ1) is 16.3. The summed E-state index contributed by atoms with van der Waals surface area (Å²) in [6.07, 6.45) is 5.15. The summed E-state index contributed by atoms with van der Waals surface area (Å²) in [7, 11) is 0. The molecule has 5 nitrogen and oxygen atoms in total. The number of nitrogens with zero attached hydrogens (tertiary/aromatic N) is 2. The molecule has 1 aliphatic rings. The molecule has 3 aromatic heterocycles. The highest BCUT2D eigenvalue weighted by Crippen LogP contribution is 2.29. The molecular weight excluding hydrogens is 332 g/mol. The first-order valence-electron chi connectivity index (χ1n) is 8.75. The Morgan fingerprint density at radius 2 is 2.32 bits per heavy atom. The van der Waals surface area contributed by atoms with Gasteiger partial charge in [0.15, 0.2) is 0 Å². The Morgan fingerprint density at radius 3 is 3.12 bits per heavy atom. The normalized spacial score (nSPS) is 17.2. The molecule has 4 rings (SSSR count). The minimum atomic E-state index is 0.00851. The van der Waals surface area contributed by atoms with E-state index < -0.39 is 0 Å². The zero-order valence-corrected chi connectivity index (χ0v) is 15.1. The lowest BCUT2D eigenvalue weighted by Crippen LogP contribution is -2.24. The second-order valence-corrected chi connectivity index (χ2v) is 7.60. The van der Waals surface area contributed by atoms with Crippen molar-refractivity contribution in [1.29, 1.82) is 0 Å². The van der Waals surface area contributed by atoms with Gasteiger partial charge in [0.05, 0.1) is 10.6 Å². The lowest BCUT2D eigenvalue weighted by molar-refractivity contribution is 0.0958. The highest BCUT2D eigenvalue weighted by molar-refractivity contribution is 7.14. The first-order chi connectivity index (χ1) is 12.2. The summed E-state index contributed by atoms with van der Waals surface area (Å²) in [6, 6.07) is 10.5. The zero-order chi connectivity index (χ0) is 17.2. The number of pyridine rings is 1. The number of thiophene rings is 1. The largest absolute Gasteiger partial charge is 0.351 e. The van der Waals surface area contributed by atoms with E-state index >= 15 is 0 Å². The summed E-state index contributed by atoms with van der Waals surface area (Å²) in [5.41, 5.74) is 3.11. The third-order valence-corrected chi connectivity index (χ3v) is 5.86. The van der Waals surface area contributed by atoms with Gasteiger partial charge in [0.2, 0.25) is 0 Å². The van der Waals surface area contributed by atoms with Gasteiger partial charge in [0, 0.05) is 35.8 Å². The van der Waals surface area contributed by atoms with Crippen molar-refractivity contribution in [3.05, 3.63) is 57.7 Å². The van der Waals surface area contributed by atoms with Gasteiger partial charge in [-0.15, -0.1) is 11.3 Å². The number of carbonyl (C=O) groups is 1. The third kappa shape index (κ3) is 3.45. The first-order valence-corrected chi connectivity index (χ1v) is 9.57. The van der Waals surface area contributed by atoms with Gasteiger partial charge in [-0.1, -0.05) is 6.07 Å². The molecule has 1 atom stereocenters. The smallest absolute Gasteiger partial charge is 0.261 e. The lowest BCUT2D eigenvalue weighted by Gasteiger charge is -2.06. The quantitative estimate of drug-likeness (QED) is 0.740. The predicted octanol–water partition coefficient (Wildman–Crippen LogP) is 3.10. The van der Waals surface area contributed by atoms with E-state index in [-0.39, 0.29) is 5.91 Å². The van der Waals surface area contributed by atoms with Crippen molar-refractivity contribution >= 4 is 22.9 Å². The van der Waals surface area contributed by atoms with Crippen molar-refractivity contribution in [2.45, 2.75) is 32.2 Å². The fourth-order valence-corrected chi connectivity index (χ4v) is 4.33. The highest BCUT2D eigenvalue weighted by atomic mass is 32.1. The Labute approximate surface area is 151 Å². The molecule has 0 bridgehead atoms. The van der Waals surface area contributed by atoms with E-state index in [2.05, 4.69) is 39.1 Å². The Bertz CT molecular complexity index is 892. The van der Waals surface area contributed by atoms with E-state index in [0.29, 0.717) is 12.6 Å². The molecule has 1 saturated heterocycles. The number of amides is 1. The summed E-state index contributed by atoms with van der Waals surface area (Å²) in [5, 5.41) is 6.49. The second kappa shape index (κ2) is 6.98. The fourth-order valence-electron chi connectivity index (χ4n) is 3.30. The number of hydrogen-bond donors (Lipinski definition) is 2. The van der Waals surface area contributed by atoms with Crippen LogP contribution >= 0.6 is 11.3 Å². The molecule has 3 aromatic rings. The number of nitrogens with one attached hydrogen (secondary N) is 2. The molecule has 25 heavy (non-hydrogen) atoms. The number of imidazole rings is 1. The van der Waals surface area contributed by atoms with E-state index in [0.717, 1.165) is 41.3 Å². The molecule has 1 aliphatic heterocycles. The maximum Gasteiger partial charge on any atom is 0.261 e. The van der Waals surface area contributed by atoms with E-state index in [4.69, 9.17) is 0 Å². The molecule has 0 saturated carbocycles. The van der Waals surface area contributed by atoms with Gasteiger partial charge in [0.25, 0.3) is 5.91 Å². The van der Waals surface area contributed by atoms with Crippen molar-refractivity contribution in [2.24, 2.45) is 0 Å². The second-order valence-electron chi connectivity index (χ2n) is 6.48. The number of fused-ring (bicyclic) bond motifs is 1. The van der Waals surface area contributed by atoms with Gasteiger partial charge in [-0.2, -0.15) is 0 Å². The van der Waals surface area contributed by atoms with Crippen LogP contribution in [0.25, 0.3) is 5.65 Å². The van der Waals surface area contributed by atoms with Crippen molar-refractivity contribution in [1.82, 2.24) is 20.0 Å². The molecule has 1 amide bonds. The van der Waals surface area contributed by atoms with E-state index in [9.17, 15) is 4.79 Å². The molecular formula is C19H22N4OS. The van der Waals surface area contributed by atoms with E-state index in [1.54, 1.807) is 11.3 Å². The van der Waals surface area contributed by atoms with Crippen molar-refractivity contribution < 1.29 is 4.79 Å². The average Bonchev–Trinajstić information content (AvgIpc) is 3.34. The molecule has 0 aromatic carbocycles. The lowest BCUT2D eigenvalue weighted by atomic mass is 10.2. The molecule has 1 fully saturated rings. The maximum absolute atomic E-state index is 12.3. The predicted molar refractivity (Wildman–Crippen MR) is 100 cm³/mol. The Balaban J connectivity index is 1.34. The SMILES string of the molecule is Cc1cccc2nc(CCNC(=O)c3ccc(C4CCCN4)s3)cn12. The van der Waals surface area contributed by atoms with Gasteiger partial charge in [-0.25, -0.2) is 4.98 Å². The summed E-state index contributed by atoms with van der Waals surface area (Å²) in [4.78, 5) is 19.0. The standard InChI is InChI=1S/C19H22N4OS/c1-13-4-2-6-18-22-14(12-23(13)18)9-11-21-19(24)17-8-7-16(25-17)15-5-3-10-20-15/h2,4,6-8,12,15,20H,3,5,9-11H2,1H3,(H,21,24). The van der Waals surface area contributed by atoms with Crippen molar-refractivity contribution in [3.8, 4) is 0 Å². The summed E-state index contributed by atoms with van der Waals surface area (Å²) in [6.45, 7) is 3.73. The molecule has 4 heterocycles. The zero-order valence-electron chi connectivity index (χ0n) is 14.3. The van der Waals surface area contributed by atoms with Gasteiger partial charge >= 0.3 is 0 Å². The van der Waals surface area contributed by atoms with Crippen LogP contribution in [0.2, 0.25) is 0 Å². The maximum atomic E-state index is 12.3. The highest BCUT2D eigenvalue weighted by Gasteiger charge is 2.19. The summed E-state index contributed by atoms with van der Waals surface area (Å²) in [5.74, 6) is 0.00851. The molecule has 1 unspecified atom stereocenters. The van der Waals surface area contributed by atoms with Crippen LogP contribution in [0.1, 0.15) is 44.8 Å². The van der Waals surface area contributed by atoms with Crippen molar-refractivity contribution in [3.63, 3.8) is 0 Å². The van der Waals surface area contributed by atoms with Crippen LogP contribution in [0.15, 0.2) is 36.5 Å². The van der Waals surface area contributed by atoms with E-state index in [1.807, 2.05) is 24.4 Å². The minimum absolute atomic E-state index is 0.00851. The summed E-state index contributed by atoms with van der Waals surface area (Å²) >= 11 is 1.60. The number of aryl methyl sites for hydroxylation is 1. The number of hydrogen-bond acceptors (Lipinski definition) is 4. The summed E-state index contributed by atoms with van der Waals surface area (Å²) < 4.78 is 2.08. The molecule has 6 heteroatoms. The molecule has 0 spiro atoms. The van der Waals surface area contributed by atoms with Crippen LogP contribution in [0.5, 0.6) is 0 Å². The average molecular weight is 354 g/mol. The van der Waals surface area contributed by atoms with Crippen LogP contribution in [0.3, 0.4) is 0 Å². The van der Waals surface area contributed by atoms with Gasteiger partial charge < -0.3 is 15.0 Å². The van der Waals surface area contributed by atoms with Crippen molar-refractivity contribution in [2.75, 3.05) is 13.1 Å². The Morgan fingerprint density at radius 1 is 1.40 bits per heavy atom. The molecule has 130 valence electrons. The van der Waals surface area contributed by atoms with Gasteiger partial charge in [-0.3, -0.25) is 4.79 Å². The molecule has 2 N–H and O–H groups in total.